The first-order chi connectivity index (χ1) is 12.4. The van der Waals surface area contributed by atoms with Crippen molar-refractivity contribution in [2.75, 3.05) is 17.7 Å². The minimum Gasteiger partial charge on any atom is -0.495 e. The van der Waals surface area contributed by atoms with Crippen LogP contribution in [0.5, 0.6) is 5.75 Å². The minimum atomic E-state index is -0.950. The van der Waals surface area contributed by atoms with E-state index in [0.29, 0.717) is 33.7 Å². The molecular weight excluding hydrogens is 362 g/mol. The summed E-state index contributed by atoms with van der Waals surface area (Å²) in [4.78, 5) is 8.57. The third-order valence-electron chi connectivity index (χ3n) is 3.45. The third-order valence-corrected chi connectivity index (χ3v) is 3.75. The largest absolute Gasteiger partial charge is 0.495 e. The Labute approximate surface area is 154 Å². The lowest BCUT2D eigenvalue weighted by Crippen LogP contribution is -2.03. The molecule has 2 aromatic carbocycles. The number of ether oxygens (including phenoxy) is 1. The van der Waals surface area contributed by atoms with Crippen LogP contribution in [0.1, 0.15) is 5.69 Å². The van der Waals surface area contributed by atoms with E-state index in [1.54, 1.807) is 38.3 Å². The van der Waals surface area contributed by atoms with Crippen LogP contribution in [0.15, 0.2) is 42.5 Å². The van der Waals surface area contributed by atoms with Gasteiger partial charge in [0.15, 0.2) is 11.6 Å². The van der Waals surface area contributed by atoms with Crippen LogP contribution in [-0.4, -0.2) is 17.1 Å². The Bertz CT molecular complexity index is 952. The Balaban J connectivity index is 1.83. The molecule has 0 bridgehead atoms. The second-order valence-electron chi connectivity index (χ2n) is 5.45. The van der Waals surface area contributed by atoms with Gasteiger partial charge in [-0.3, -0.25) is 0 Å². The summed E-state index contributed by atoms with van der Waals surface area (Å²) < 4.78 is 31.5. The second-order valence-corrected chi connectivity index (χ2v) is 5.85. The number of nitrogens with zero attached hydrogens (tertiary/aromatic N) is 2. The highest BCUT2D eigenvalue weighted by Gasteiger charge is 2.08. The van der Waals surface area contributed by atoms with Crippen molar-refractivity contribution in [3.63, 3.8) is 0 Å². The fourth-order valence-electron chi connectivity index (χ4n) is 2.28. The van der Waals surface area contributed by atoms with Gasteiger partial charge in [-0.2, -0.15) is 4.98 Å². The summed E-state index contributed by atoms with van der Waals surface area (Å²) in [5.74, 6) is -0.535. The van der Waals surface area contributed by atoms with Gasteiger partial charge in [-0.25, -0.2) is 13.8 Å². The summed E-state index contributed by atoms with van der Waals surface area (Å²) in [6, 6.07) is 10.5. The summed E-state index contributed by atoms with van der Waals surface area (Å²) >= 11 is 6.12. The number of halogens is 3. The van der Waals surface area contributed by atoms with Gasteiger partial charge in [0.25, 0.3) is 0 Å². The predicted molar refractivity (Wildman–Crippen MR) is 97.7 cm³/mol. The zero-order valence-corrected chi connectivity index (χ0v) is 14.7. The molecule has 0 radical (unpaired) electrons. The summed E-state index contributed by atoms with van der Waals surface area (Å²) in [5.41, 5.74) is 1.74. The molecule has 3 aromatic rings. The highest BCUT2D eigenvalue weighted by atomic mass is 35.5. The van der Waals surface area contributed by atoms with E-state index in [1.165, 1.54) is 6.07 Å². The molecule has 134 valence electrons. The van der Waals surface area contributed by atoms with Gasteiger partial charge >= 0.3 is 0 Å². The van der Waals surface area contributed by atoms with Crippen molar-refractivity contribution in [3.8, 4) is 5.75 Å². The Kier molecular flexibility index (Phi) is 5.18. The topological polar surface area (TPSA) is 59.1 Å². The first kappa shape index (κ1) is 17.9. The van der Waals surface area contributed by atoms with E-state index in [0.717, 1.165) is 12.1 Å². The first-order valence-corrected chi connectivity index (χ1v) is 8.01. The zero-order chi connectivity index (χ0) is 18.7. The SMILES string of the molecule is COc1ccc(Nc2cc(C)nc(Nc3ccc(F)c(F)c3)n2)cc1Cl. The summed E-state index contributed by atoms with van der Waals surface area (Å²) in [7, 11) is 1.54. The average Bonchev–Trinajstić information content (AvgIpc) is 2.58. The Morgan fingerprint density at radius 1 is 0.923 bits per heavy atom. The van der Waals surface area contributed by atoms with Gasteiger partial charge < -0.3 is 15.4 Å². The van der Waals surface area contributed by atoms with E-state index >= 15 is 0 Å². The zero-order valence-electron chi connectivity index (χ0n) is 14.0. The fourth-order valence-corrected chi connectivity index (χ4v) is 2.54. The van der Waals surface area contributed by atoms with Crippen LogP contribution >= 0.6 is 11.6 Å². The molecule has 0 aliphatic carbocycles. The van der Waals surface area contributed by atoms with Crippen LogP contribution in [0.4, 0.5) is 31.9 Å². The number of aromatic nitrogens is 2. The van der Waals surface area contributed by atoms with Gasteiger partial charge in [0.05, 0.1) is 12.1 Å². The van der Waals surface area contributed by atoms with Crippen molar-refractivity contribution >= 4 is 34.7 Å². The molecule has 5 nitrogen and oxygen atoms in total. The molecule has 2 N–H and O–H groups in total. The van der Waals surface area contributed by atoms with Crippen LogP contribution < -0.4 is 15.4 Å². The number of rotatable bonds is 5. The molecule has 0 spiro atoms. The number of methoxy groups -OCH3 is 1. The third kappa shape index (κ3) is 4.18. The molecule has 1 heterocycles. The second kappa shape index (κ2) is 7.53. The highest BCUT2D eigenvalue weighted by Crippen LogP contribution is 2.29. The van der Waals surface area contributed by atoms with Crippen molar-refractivity contribution in [1.82, 2.24) is 9.97 Å². The first-order valence-electron chi connectivity index (χ1n) is 7.63. The quantitative estimate of drug-likeness (QED) is 0.640. The molecule has 0 aliphatic rings. The molecule has 3 rings (SSSR count). The molecular formula is C18H15ClF2N4O. The molecule has 1 aromatic heterocycles. The van der Waals surface area contributed by atoms with E-state index in [4.69, 9.17) is 16.3 Å². The molecule has 0 aliphatic heterocycles. The van der Waals surface area contributed by atoms with E-state index in [2.05, 4.69) is 20.6 Å². The summed E-state index contributed by atoms with van der Waals surface area (Å²) in [6.07, 6.45) is 0. The van der Waals surface area contributed by atoms with Gasteiger partial charge in [0.1, 0.15) is 11.6 Å². The Hall–Kier alpha value is -2.93. The van der Waals surface area contributed by atoms with Crippen LogP contribution in [-0.2, 0) is 0 Å². The van der Waals surface area contributed by atoms with Gasteiger partial charge in [-0.05, 0) is 37.3 Å². The minimum absolute atomic E-state index is 0.248. The fraction of sp³-hybridized carbons (Fsp3) is 0.111. The van der Waals surface area contributed by atoms with E-state index in [1.807, 2.05) is 0 Å². The molecule has 0 fully saturated rings. The monoisotopic (exact) mass is 376 g/mol. The maximum Gasteiger partial charge on any atom is 0.229 e. The van der Waals surface area contributed by atoms with Crippen LogP contribution in [0.25, 0.3) is 0 Å². The average molecular weight is 377 g/mol. The molecule has 0 saturated carbocycles. The number of hydrogen-bond acceptors (Lipinski definition) is 5. The molecule has 8 heteroatoms. The van der Waals surface area contributed by atoms with E-state index < -0.39 is 11.6 Å². The van der Waals surface area contributed by atoms with E-state index in [9.17, 15) is 8.78 Å². The number of benzene rings is 2. The lowest BCUT2D eigenvalue weighted by atomic mass is 10.3. The Morgan fingerprint density at radius 2 is 1.65 bits per heavy atom. The smallest absolute Gasteiger partial charge is 0.229 e. The summed E-state index contributed by atoms with van der Waals surface area (Å²) in [5, 5.41) is 6.43. The van der Waals surface area contributed by atoms with Gasteiger partial charge in [-0.1, -0.05) is 11.6 Å². The lowest BCUT2D eigenvalue weighted by Gasteiger charge is -2.11. The number of aryl methyl sites for hydroxylation is 1. The maximum atomic E-state index is 13.3. The standard InChI is InChI=1S/C18H15ClF2N4O/c1-10-7-17(23-11-4-6-16(26-2)13(19)8-11)25-18(22-10)24-12-3-5-14(20)15(21)9-12/h3-9H,1-2H3,(H2,22,23,24,25). The van der Waals surface area contributed by atoms with Crippen molar-refractivity contribution in [1.29, 1.82) is 0 Å². The molecule has 26 heavy (non-hydrogen) atoms. The number of anilines is 4. The number of hydrogen-bond donors (Lipinski definition) is 2. The highest BCUT2D eigenvalue weighted by molar-refractivity contribution is 6.32. The van der Waals surface area contributed by atoms with Crippen molar-refractivity contribution in [2.45, 2.75) is 6.92 Å². The lowest BCUT2D eigenvalue weighted by molar-refractivity contribution is 0.415. The molecule has 0 saturated heterocycles. The van der Waals surface area contributed by atoms with Crippen molar-refractivity contribution in [2.24, 2.45) is 0 Å². The molecule has 0 atom stereocenters. The van der Waals surface area contributed by atoms with Gasteiger partial charge in [0, 0.05) is 29.2 Å². The van der Waals surface area contributed by atoms with Gasteiger partial charge in [-0.15, -0.1) is 0 Å². The predicted octanol–water partition coefficient (Wildman–Crippen LogP) is 5.21. The van der Waals surface area contributed by atoms with Crippen LogP contribution in [0.2, 0.25) is 5.02 Å². The van der Waals surface area contributed by atoms with Crippen molar-refractivity contribution in [3.05, 3.63) is 64.8 Å². The number of nitrogens with one attached hydrogen (secondary N) is 2. The normalized spacial score (nSPS) is 10.5. The van der Waals surface area contributed by atoms with Crippen molar-refractivity contribution < 1.29 is 13.5 Å². The molecule has 0 amide bonds. The van der Waals surface area contributed by atoms with Gasteiger partial charge in [0.2, 0.25) is 5.95 Å². The molecule has 0 unspecified atom stereocenters. The van der Waals surface area contributed by atoms with Crippen LogP contribution in [0, 0.1) is 18.6 Å². The van der Waals surface area contributed by atoms with Crippen LogP contribution in [0.3, 0.4) is 0 Å². The summed E-state index contributed by atoms with van der Waals surface area (Å²) in [6.45, 7) is 1.80. The maximum absolute atomic E-state index is 13.3. The Morgan fingerprint density at radius 3 is 2.35 bits per heavy atom. The van der Waals surface area contributed by atoms with E-state index in [-0.39, 0.29) is 5.95 Å².